The van der Waals surface area contributed by atoms with Crippen molar-refractivity contribution < 1.29 is 19.5 Å². The SMILES string of the molecule is NC(=O)CC[C@H](NC(=O)NC1CCCC1)C(=O)O. The van der Waals surface area contributed by atoms with Crippen molar-refractivity contribution in [2.45, 2.75) is 50.6 Å². The molecule has 0 aromatic carbocycles. The van der Waals surface area contributed by atoms with E-state index in [1.807, 2.05) is 0 Å². The summed E-state index contributed by atoms with van der Waals surface area (Å²) in [6.45, 7) is 0. The monoisotopic (exact) mass is 257 g/mol. The van der Waals surface area contributed by atoms with Crippen molar-refractivity contribution in [1.82, 2.24) is 10.6 Å². The Bertz CT molecular complexity index is 326. The van der Waals surface area contributed by atoms with E-state index in [2.05, 4.69) is 10.6 Å². The van der Waals surface area contributed by atoms with E-state index in [1.165, 1.54) is 0 Å². The highest BCUT2D eigenvalue weighted by Gasteiger charge is 2.23. The maximum absolute atomic E-state index is 11.6. The summed E-state index contributed by atoms with van der Waals surface area (Å²) in [6.07, 6.45) is 3.94. The molecule has 7 heteroatoms. The smallest absolute Gasteiger partial charge is 0.326 e. The average Bonchev–Trinajstić information content (AvgIpc) is 2.76. The summed E-state index contributed by atoms with van der Waals surface area (Å²) in [5.74, 6) is -1.75. The molecule has 1 aliphatic carbocycles. The van der Waals surface area contributed by atoms with Crippen molar-refractivity contribution in [2.75, 3.05) is 0 Å². The number of hydrogen-bond donors (Lipinski definition) is 4. The summed E-state index contributed by atoms with van der Waals surface area (Å²) >= 11 is 0. The predicted octanol–water partition coefficient (Wildman–Crippen LogP) is -0.0531. The molecule has 0 spiro atoms. The summed E-state index contributed by atoms with van der Waals surface area (Å²) in [4.78, 5) is 33.0. The van der Waals surface area contributed by atoms with Gasteiger partial charge in [-0.1, -0.05) is 12.8 Å². The standard InChI is InChI=1S/C11H19N3O4/c12-9(15)6-5-8(10(16)17)14-11(18)13-7-3-1-2-4-7/h7-8H,1-6H2,(H2,12,15)(H,16,17)(H2,13,14,18)/t8-/m0/s1. The fourth-order valence-corrected chi connectivity index (χ4v) is 2.00. The van der Waals surface area contributed by atoms with Crippen molar-refractivity contribution in [3.63, 3.8) is 0 Å². The Morgan fingerprint density at radius 3 is 2.39 bits per heavy atom. The molecule has 0 radical (unpaired) electrons. The number of amides is 3. The lowest BCUT2D eigenvalue weighted by atomic mass is 10.1. The zero-order chi connectivity index (χ0) is 13.5. The van der Waals surface area contributed by atoms with Crippen molar-refractivity contribution in [3.05, 3.63) is 0 Å². The molecular formula is C11H19N3O4. The van der Waals surface area contributed by atoms with E-state index in [0.717, 1.165) is 25.7 Å². The highest BCUT2D eigenvalue weighted by molar-refractivity contribution is 5.83. The van der Waals surface area contributed by atoms with E-state index in [1.54, 1.807) is 0 Å². The number of rotatable bonds is 6. The second-order valence-corrected chi connectivity index (χ2v) is 4.49. The molecule has 0 heterocycles. The molecule has 1 rings (SSSR count). The van der Waals surface area contributed by atoms with Crippen molar-refractivity contribution in [3.8, 4) is 0 Å². The van der Waals surface area contributed by atoms with Crippen LogP contribution in [0.1, 0.15) is 38.5 Å². The molecule has 1 aliphatic rings. The number of carboxylic acids is 1. The lowest BCUT2D eigenvalue weighted by Crippen LogP contribution is -2.48. The quantitative estimate of drug-likeness (QED) is 0.532. The summed E-state index contributed by atoms with van der Waals surface area (Å²) < 4.78 is 0. The summed E-state index contributed by atoms with van der Waals surface area (Å²) in [7, 11) is 0. The Labute approximate surface area is 105 Å². The fourth-order valence-electron chi connectivity index (χ4n) is 2.00. The minimum Gasteiger partial charge on any atom is -0.480 e. The Hall–Kier alpha value is -1.79. The number of urea groups is 1. The second-order valence-electron chi connectivity index (χ2n) is 4.49. The van der Waals surface area contributed by atoms with Crippen LogP contribution in [0.25, 0.3) is 0 Å². The van der Waals surface area contributed by atoms with E-state index < -0.39 is 23.9 Å². The first-order valence-electron chi connectivity index (χ1n) is 6.07. The van der Waals surface area contributed by atoms with E-state index in [0.29, 0.717) is 0 Å². The molecular weight excluding hydrogens is 238 g/mol. The maximum Gasteiger partial charge on any atom is 0.326 e. The van der Waals surface area contributed by atoms with Gasteiger partial charge in [0.2, 0.25) is 5.91 Å². The molecule has 18 heavy (non-hydrogen) atoms. The number of hydrogen-bond acceptors (Lipinski definition) is 3. The number of carbonyl (C=O) groups excluding carboxylic acids is 2. The molecule has 1 fully saturated rings. The molecule has 0 aliphatic heterocycles. The molecule has 0 aromatic rings. The largest absolute Gasteiger partial charge is 0.480 e. The number of nitrogens with one attached hydrogen (secondary N) is 2. The van der Waals surface area contributed by atoms with Crippen LogP contribution < -0.4 is 16.4 Å². The lowest BCUT2D eigenvalue weighted by molar-refractivity contribution is -0.139. The van der Waals surface area contributed by atoms with Gasteiger partial charge in [-0.3, -0.25) is 4.79 Å². The third kappa shape index (κ3) is 5.03. The van der Waals surface area contributed by atoms with E-state index >= 15 is 0 Å². The molecule has 5 N–H and O–H groups in total. The molecule has 0 saturated heterocycles. The molecule has 1 atom stereocenters. The molecule has 3 amide bonds. The zero-order valence-electron chi connectivity index (χ0n) is 10.1. The van der Waals surface area contributed by atoms with Crippen LogP contribution in [0.4, 0.5) is 4.79 Å². The van der Waals surface area contributed by atoms with E-state index in [9.17, 15) is 14.4 Å². The number of carboxylic acid groups (broad SMARTS) is 1. The third-order valence-electron chi connectivity index (χ3n) is 2.97. The second kappa shape index (κ2) is 6.83. The number of primary amides is 1. The molecule has 1 saturated carbocycles. The maximum atomic E-state index is 11.6. The topological polar surface area (TPSA) is 122 Å². The molecule has 0 aromatic heterocycles. The minimum atomic E-state index is -1.17. The lowest BCUT2D eigenvalue weighted by Gasteiger charge is -2.17. The van der Waals surface area contributed by atoms with Crippen molar-refractivity contribution in [1.29, 1.82) is 0 Å². The third-order valence-corrected chi connectivity index (χ3v) is 2.97. The van der Waals surface area contributed by atoms with E-state index in [-0.39, 0.29) is 18.9 Å². The number of nitrogens with two attached hydrogens (primary N) is 1. The first-order valence-corrected chi connectivity index (χ1v) is 6.07. The van der Waals surface area contributed by atoms with Gasteiger partial charge >= 0.3 is 12.0 Å². The molecule has 0 unspecified atom stereocenters. The van der Waals surface area contributed by atoms with E-state index in [4.69, 9.17) is 10.8 Å². The van der Waals surface area contributed by atoms with Gasteiger partial charge in [0.15, 0.2) is 0 Å². The average molecular weight is 257 g/mol. The predicted molar refractivity (Wildman–Crippen MR) is 63.8 cm³/mol. The van der Waals surface area contributed by atoms with Gasteiger partial charge in [-0.2, -0.15) is 0 Å². The van der Waals surface area contributed by atoms with Crippen LogP contribution in [0.5, 0.6) is 0 Å². The summed E-state index contributed by atoms with van der Waals surface area (Å²) in [5.41, 5.74) is 4.94. The van der Waals surface area contributed by atoms with Crippen LogP contribution in [0, 0.1) is 0 Å². The van der Waals surface area contributed by atoms with Gasteiger partial charge < -0.3 is 21.5 Å². The first-order chi connectivity index (χ1) is 8.49. The van der Waals surface area contributed by atoms with Crippen LogP contribution >= 0.6 is 0 Å². The molecule has 7 nitrogen and oxygen atoms in total. The number of aliphatic carboxylic acids is 1. The van der Waals surface area contributed by atoms with Crippen LogP contribution in [0.2, 0.25) is 0 Å². The van der Waals surface area contributed by atoms with Crippen LogP contribution in [-0.4, -0.2) is 35.1 Å². The van der Waals surface area contributed by atoms with Crippen molar-refractivity contribution in [2.24, 2.45) is 5.73 Å². The van der Waals surface area contributed by atoms with Gasteiger partial charge in [-0.25, -0.2) is 9.59 Å². The minimum absolute atomic E-state index is 0.00273. The molecule has 102 valence electrons. The van der Waals surface area contributed by atoms with Crippen molar-refractivity contribution >= 4 is 17.9 Å². The highest BCUT2D eigenvalue weighted by atomic mass is 16.4. The Morgan fingerprint density at radius 1 is 1.28 bits per heavy atom. The Morgan fingerprint density at radius 2 is 1.89 bits per heavy atom. The number of carbonyl (C=O) groups is 3. The van der Waals surface area contributed by atoms with Crippen LogP contribution in [0.15, 0.2) is 0 Å². The van der Waals surface area contributed by atoms with Crippen LogP contribution in [-0.2, 0) is 9.59 Å². The van der Waals surface area contributed by atoms with Gasteiger partial charge in [0, 0.05) is 12.5 Å². The van der Waals surface area contributed by atoms with Crippen LogP contribution in [0.3, 0.4) is 0 Å². The summed E-state index contributed by atoms with van der Waals surface area (Å²) in [5, 5.41) is 14.0. The highest BCUT2D eigenvalue weighted by Crippen LogP contribution is 2.17. The zero-order valence-corrected chi connectivity index (χ0v) is 10.1. The van der Waals surface area contributed by atoms with Gasteiger partial charge in [0.05, 0.1) is 0 Å². The van der Waals surface area contributed by atoms with Gasteiger partial charge in [0.25, 0.3) is 0 Å². The normalized spacial score (nSPS) is 17.1. The Balaban J connectivity index is 2.36. The molecule has 0 bridgehead atoms. The van der Waals surface area contributed by atoms with Gasteiger partial charge in [0.1, 0.15) is 6.04 Å². The summed E-state index contributed by atoms with van der Waals surface area (Å²) in [6, 6.07) is -1.46. The first kappa shape index (κ1) is 14.3. The fraction of sp³-hybridized carbons (Fsp3) is 0.727. The van der Waals surface area contributed by atoms with Gasteiger partial charge in [-0.05, 0) is 19.3 Å². The van der Waals surface area contributed by atoms with Gasteiger partial charge in [-0.15, -0.1) is 0 Å². The Kier molecular flexibility index (Phi) is 5.41.